The van der Waals surface area contributed by atoms with Crippen LogP contribution < -0.4 is 0 Å². The van der Waals surface area contributed by atoms with Crippen molar-refractivity contribution in [1.29, 1.82) is 0 Å². The van der Waals surface area contributed by atoms with E-state index in [1.807, 2.05) is 48.5 Å². The van der Waals surface area contributed by atoms with Crippen molar-refractivity contribution in [3.8, 4) is 0 Å². The summed E-state index contributed by atoms with van der Waals surface area (Å²) >= 11 is 5.97. The van der Waals surface area contributed by atoms with Crippen molar-refractivity contribution in [3.05, 3.63) is 28.8 Å². The summed E-state index contributed by atoms with van der Waals surface area (Å²) in [5.41, 5.74) is -3.68. The van der Waals surface area contributed by atoms with Crippen LogP contribution in [-0.2, 0) is 11.2 Å². The molecule has 0 aromatic carbocycles. The third-order valence-electron chi connectivity index (χ3n) is 6.87. The van der Waals surface area contributed by atoms with Gasteiger partial charge in [0.1, 0.15) is 11.0 Å². The van der Waals surface area contributed by atoms with Crippen LogP contribution in [0.3, 0.4) is 0 Å². The summed E-state index contributed by atoms with van der Waals surface area (Å²) in [6.07, 6.45) is -1.21. The molecule has 1 aromatic rings. The molecule has 2 N–H and O–H groups in total. The van der Waals surface area contributed by atoms with Crippen LogP contribution >= 0.6 is 11.6 Å². The minimum Gasteiger partial charge on any atom is -0.481 e. The predicted molar refractivity (Wildman–Crippen MR) is 113 cm³/mol. The van der Waals surface area contributed by atoms with Gasteiger partial charge in [-0.3, -0.25) is 4.79 Å². The minimum absolute atomic E-state index is 0.0146. The molecule has 0 saturated carbocycles. The Bertz CT molecular complexity index is 849. The van der Waals surface area contributed by atoms with Crippen molar-refractivity contribution in [3.63, 3.8) is 0 Å². The average Bonchev–Trinajstić information content (AvgIpc) is 2.55. The summed E-state index contributed by atoms with van der Waals surface area (Å²) in [6.45, 7) is 13.3. The number of amides is 1. The second-order valence-corrected chi connectivity index (χ2v) is 11.0. The van der Waals surface area contributed by atoms with E-state index in [-0.39, 0.29) is 30.2 Å². The number of likely N-dealkylation sites (tertiary alicyclic amines) is 1. The van der Waals surface area contributed by atoms with Crippen LogP contribution in [0, 0.1) is 28.0 Å². The Morgan fingerprint density at radius 1 is 1.23 bits per heavy atom. The zero-order chi connectivity index (χ0) is 23.3. The third-order valence-corrected chi connectivity index (χ3v) is 7.08. The predicted octanol–water partition coefficient (Wildman–Crippen LogP) is 5.34. The van der Waals surface area contributed by atoms with Crippen molar-refractivity contribution in [2.75, 3.05) is 6.54 Å². The first-order chi connectivity index (χ1) is 13.5. The van der Waals surface area contributed by atoms with E-state index >= 15 is 0 Å². The Morgan fingerprint density at radius 2 is 1.80 bits per heavy atom. The summed E-state index contributed by atoms with van der Waals surface area (Å²) in [5.74, 6) is -2.34. The van der Waals surface area contributed by atoms with Gasteiger partial charge < -0.3 is 15.1 Å². The van der Waals surface area contributed by atoms with Crippen molar-refractivity contribution >= 4 is 23.7 Å². The molecule has 3 atom stereocenters. The standard InChI is InChI=1S/C22H32ClFN2O4/c1-19(2,3)16-21(7,20(4,5)6)26(18(29)30)11-10-22(16,17(27)28)12-14-13(24)8-9-15(23)25-14/h8-9,16H,10-12H2,1-7H3,(H,27,28)(H,29,30)/t16?,21-,22-/m1/s1. The average molecular weight is 443 g/mol. The quantitative estimate of drug-likeness (QED) is 0.616. The number of aromatic nitrogens is 1. The van der Waals surface area contributed by atoms with Gasteiger partial charge in [-0.2, -0.15) is 0 Å². The van der Waals surface area contributed by atoms with Crippen LogP contribution in [0.25, 0.3) is 0 Å². The Hall–Kier alpha value is -1.89. The van der Waals surface area contributed by atoms with Gasteiger partial charge in [-0.15, -0.1) is 0 Å². The molecule has 1 aliphatic heterocycles. The van der Waals surface area contributed by atoms with Gasteiger partial charge in [0.25, 0.3) is 0 Å². The largest absolute Gasteiger partial charge is 0.481 e. The molecule has 1 aliphatic rings. The molecule has 1 saturated heterocycles. The number of carboxylic acid groups (broad SMARTS) is 2. The lowest BCUT2D eigenvalue weighted by atomic mass is 9.47. The van der Waals surface area contributed by atoms with Gasteiger partial charge in [-0.05, 0) is 36.3 Å². The van der Waals surface area contributed by atoms with Crippen molar-refractivity contribution in [1.82, 2.24) is 9.88 Å². The van der Waals surface area contributed by atoms with Gasteiger partial charge in [0.05, 0.1) is 16.6 Å². The third kappa shape index (κ3) is 3.88. The summed E-state index contributed by atoms with van der Waals surface area (Å²) in [4.78, 5) is 30.5. The fraction of sp³-hybridized carbons (Fsp3) is 0.682. The number of hydrogen-bond donors (Lipinski definition) is 2. The second kappa shape index (κ2) is 7.66. The highest BCUT2D eigenvalue weighted by molar-refractivity contribution is 6.29. The van der Waals surface area contributed by atoms with E-state index in [1.54, 1.807) is 0 Å². The summed E-state index contributed by atoms with van der Waals surface area (Å²) in [6, 6.07) is 2.50. The molecule has 1 unspecified atom stereocenters. The number of pyridine rings is 1. The molecular formula is C22H32ClFN2O4. The molecule has 1 aromatic heterocycles. The Morgan fingerprint density at radius 3 is 2.23 bits per heavy atom. The highest BCUT2D eigenvalue weighted by Crippen LogP contribution is 2.60. The van der Waals surface area contributed by atoms with Crippen LogP contribution in [0.4, 0.5) is 9.18 Å². The lowest BCUT2D eigenvalue weighted by Gasteiger charge is -2.64. The molecule has 2 heterocycles. The maximum absolute atomic E-state index is 14.6. The van der Waals surface area contributed by atoms with E-state index in [0.29, 0.717) is 0 Å². The maximum Gasteiger partial charge on any atom is 0.407 e. The summed E-state index contributed by atoms with van der Waals surface area (Å²) < 4.78 is 14.6. The molecule has 30 heavy (non-hydrogen) atoms. The van der Waals surface area contributed by atoms with Crippen LogP contribution in [0.5, 0.6) is 0 Å². The fourth-order valence-corrected chi connectivity index (χ4v) is 5.73. The molecule has 1 amide bonds. The first-order valence-electron chi connectivity index (χ1n) is 10.0. The molecule has 6 nitrogen and oxygen atoms in total. The number of piperidine rings is 1. The van der Waals surface area contributed by atoms with Crippen molar-refractivity contribution < 1.29 is 24.2 Å². The van der Waals surface area contributed by atoms with E-state index in [4.69, 9.17) is 11.6 Å². The monoisotopic (exact) mass is 442 g/mol. The first kappa shape index (κ1) is 24.4. The molecular weight excluding hydrogens is 411 g/mol. The molecule has 8 heteroatoms. The van der Waals surface area contributed by atoms with Crippen molar-refractivity contribution in [2.24, 2.45) is 22.2 Å². The number of halogens is 2. The molecule has 2 rings (SSSR count). The van der Waals surface area contributed by atoms with Crippen LogP contribution in [0.1, 0.15) is 60.6 Å². The summed E-state index contributed by atoms with van der Waals surface area (Å²) in [5, 5.41) is 20.6. The van der Waals surface area contributed by atoms with Gasteiger partial charge in [0.15, 0.2) is 0 Å². The SMILES string of the molecule is CC(C)(C)C1[C@@](Cc2nc(Cl)ccc2F)(C(=O)O)CCN(C(=O)O)[C@@]1(C)C(C)(C)C. The van der Waals surface area contributed by atoms with Crippen LogP contribution in [0.2, 0.25) is 5.15 Å². The Kier molecular flexibility index (Phi) is 6.23. The summed E-state index contributed by atoms with van der Waals surface area (Å²) in [7, 11) is 0. The molecule has 1 fully saturated rings. The lowest BCUT2D eigenvalue weighted by Crippen LogP contribution is -2.72. The minimum atomic E-state index is -1.43. The highest BCUT2D eigenvalue weighted by atomic mass is 35.5. The van der Waals surface area contributed by atoms with Gasteiger partial charge >= 0.3 is 12.1 Å². The van der Waals surface area contributed by atoms with Gasteiger partial charge in [0, 0.05) is 18.9 Å². The molecule has 0 aliphatic carbocycles. The van der Waals surface area contributed by atoms with Gasteiger partial charge in [-0.1, -0.05) is 53.1 Å². The number of carboxylic acids is 1. The van der Waals surface area contributed by atoms with Gasteiger partial charge in [-0.25, -0.2) is 14.2 Å². The number of rotatable bonds is 3. The number of hydrogen-bond acceptors (Lipinski definition) is 3. The fourth-order valence-electron chi connectivity index (χ4n) is 5.56. The molecule has 0 bridgehead atoms. The highest BCUT2D eigenvalue weighted by Gasteiger charge is 2.66. The number of nitrogens with zero attached hydrogens (tertiary/aromatic N) is 2. The topological polar surface area (TPSA) is 90.7 Å². The number of carbonyl (C=O) groups is 2. The van der Waals surface area contributed by atoms with E-state index in [1.165, 1.54) is 17.0 Å². The Labute approximate surface area is 182 Å². The first-order valence-corrected chi connectivity index (χ1v) is 10.4. The molecule has 0 radical (unpaired) electrons. The zero-order valence-corrected chi connectivity index (χ0v) is 19.5. The maximum atomic E-state index is 14.6. The zero-order valence-electron chi connectivity index (χ0n) is 18.7. The normalized spacial score (nSPS) is 27.8. The number of aliphatic carboxylic acids is 1. The van der Waals surface area contributed by atoms with E-state index in [2.05, 4.69) is 4.98 Å². The lowest BCUT2D eigenvalue weighted by molar-refractivity contribution is -0.188. The van der Waals surface area contributed by atoms with E-state index in [9.17, 15) is 24.2 Å². The van der Waals surface area contributed by atoms with E-state index < -0.39 is 45.6 Å². The van der Waals surface area contributed by atoms with E-state index in [0.717, 1.165) is 0 Å². The van der Waals surface area contributed by atoms with Crippen molar-refractivity contribution in [2.45, 2.75) is 66.8 Å². The molecule has 0 spiro atoms. The van der Waals surface area contributed by atoms with Crippen LogP contribution in [0.15, 0.2) is 12.1 Å². The van der Waals surface area contributed by atoms with Gasteiger partial charge in [0.2, 0.25) is 0 Å². The molecule has 168 valence electrons. The Balaban J connectivity index is 2.83. The second-order valence-electron chi connectivity index (χ2n) is 10.6. The smallest absolute Gasteiger partial charge is 0.407 e. The van der Waals surface area contributed by atoms with Crippen LogP contribution in [-0.4, -0.2) is 44.2 Å².